The van der Waals surface area contributed by atoms with Crippen LogP contribution in [0.25, 0.3) is 0 Å². The lowest BCUT2D eigenvalue weighted by molar-refractivity contribution is 0.867. The molecule has 9 heteroatoms. The lowest BCUT2D eigenvalue weighted by Gasteiger charge is -2.10. The van der Waals surface area contributed by atoms with Gasteiger partial charge in [-0.15, -0.1) is 0 Å². The Morgan fingerprint density at radius 3 is 2.35 bits per heavy atom. The van der Waals surface area contributed by atoms with Gasteiger partial charge in [-0.2, -0.15) is 0 Å². The minimum absolute atomic E-state index is 0.319. The van der Waals surface area contributed by atoms with Crippen molar-refractivity contribution in [2.24, 2.45) is 5.84 Å². The lowest BCUT2D eigenvalue weighted by Crippen LogP contribution is -2.13. The van der Waals surface area contributed by atoms with E-state index in [1.54, 1.807) is 0 Å². The molecule has 0 bridgehead atoms. The summed E-state index contributed by atoms with van der Waals surface area (Å²) in [5.41, 5.74) is 14.7. The fourth-order valence-electron chi connectivity index (χ4n) is 1.53. The van der Waals surface area contributed by atoms with E-state index in [4.69, 9.17) is 17.3 Å². The third-order valence-corrected chi connectivity index (χ3v) is 3.49. The largest absolute Gasteiger partial charge is 0.383 e. The number of nitrogen functional groups attached to an aromatic ring is 3. The van der Waals surface area contributed by atoms with Gasteiger partial charge in [0.15, 0.2) is 5.16 Å². The molecule has 0 radical (unpaired) electrons. The van der Waals surface area contributed by atoms with Crippen LogP contribution >= 0.6 is 11.8 Å². The van der Waals surface area contributed by atoms with Crippen molar-refractivity contribution in [3.63, 3.8) is 0 Å². The number of hydrogen-bond donors (Lipinski definition) is 4. The molecule has 0 aliphatic carbocycles. The van der Waals surface area contributed by atoms with Crippen LogP contribution in [0.5, 0.6) is 0 Å². The van der Waals surface area contributed by atoms with Crippen LogP contribution in [0.15, 0.2) is 16.2 Å². The van der Waals surface area contributed by atoms with Gasteiger partial charge in [-0.3, -0.25) is 0 Å². The van der Waals surface area contributed by atoms with Crippen molar-refractivity contribution in [1.82, 2.24) is 19.9 Å². The molecule has 0 saturated heterocycles. The van der Waals surface area contributed by atoms with Gasteiger partial charge in [0.25, 0.3) is 0 Å². The van der Waals surface area contributed by atoms with Crippen molar-refractivity contribution in [2.75, 3.05) is 16.9 Å². The normalized spacial score (nSPS) is 10.6. The molecule has 0 aromatic carbocycles. The summed E-state index contributed by atoms with van der Waals surface area (Å²) in [5.74, 6) is 7.37. The zero-order valence-corrected chi connectivity index (χ0v) is 12.0. The third kappa shape index (κ3) is 3.06. The molecule has 7 N–H and O–H groups in total. The summed E-state index contributed by atoms with van der Waals surface area (Å²) in [4.78, 5) is 17.0. The maximum Gasteiger partial charge on any atom is 0.197 e. The first-order valence-corrected chi connectivity index (χ1v) is 6.77. The van der Waals surface area contributed by atoms with Gasteiger partial charge in [0.2, 0.25) is 0 Å². The van der Waals surface area contributed by atoms with Gasteiger partial charge < -0.3 is 16.9 Å². The summed E-state index contributed by atoms with van der Waals surface area (Å²) >= 11 is 1.27. The van der Waals surface area contributed by atoms with E-state index >= 15 is 0 Å². The fourth-order valence-corrected chi connectivity index (χ4v) is 2.41. The summed E-state index contributed by atoms with van der Waals surface area (Å²) in [5, 5.41) is 1.16. The molecule has 0 saturated carbocycles. The first-order chi connectivity index (χ1) is 9.53. The van der Waals surface area contributed by atoms with E-state index in [-0.39, 0.29) is 0 Å². The fraction of sp³-hybridized carbons (Fsp3) is 0.273. The molecular weight excluding hydrogens is 276 g/mol. The molecule has 0 aliphatic heterocycles. The minimum Gasteiger partial charge on any atom is -0.383 e. The average molecular weight is 292 g/mol. The van der Waals surface area contributed by atoms with Gasteiger partial charge in [0.05, 0.1) is 0 Å². The van der Waals surface area contributed by atoms with Crippen LogP contribution in [0.2, 0.25) is 0 Å². The highest BCUT2D eigenvalue weighted by Crippen LogP contribution is 2.29. The monoisotopic (exact) mass is 292 g/mol. The van der Waals surface area contributed by atoms with E-state index in [2.05, 4.69) is 25.4 Å². The molecule has 0 amide bonds. The Morgan fingerprint density at radius 1 is 1.15 bits per heavy atom. The first kappa shape index (κ1) is 14.3. The Bertz CT molecular complexity index is 610. The van der Waals surface area contributed by atoms with Gasteiger partial charge in [-0.1, -0.05) is 6.92 Å². The molecule has 8 nitrogen and oxygen atoms in total. The smallest absolute Gasteiger partial charge is 0.197 e. The van der Waals surface area contributed by atoms with Crippen LogP contribution in [0, 0.1) is 6.92 Å². The number of nitrogens with zero attached hydrogens (tertiary/aromatic N) is 4. The van der Waals surface area contributed by atoms with E-state index in [1.165, 1.54) is 17.8 Å². The van der Waals surface area contributed by atoms with Crippen LogP contribution in [-0.4, -0.2) is 19.9 Å². The predicted octanol–water partition coefficient (Wildman–Crippen LogP) is 0.739. The average Bonchev–Trinajstić information content (AvgIpc) is 2.40. The van der Waals surface area contributed by atoms with Crippen LogP contribution in [-0.2, 0) is 6.42 Å². The summed E-state index contributed by atoms with van der Waals surface area (Å²) in [6, 6.07) is 1.50. The molecule has 0 aliphatic rings. The molecule has 2 heterocycles. The van der Waals surface area contributed by atoms with Crippen LogP contribution < -0.4 is 22.7 Å². The molecular formula is C11H16N8S. The SMILES string of the molecule is CCc1nc(NN)c(C)c(Sc2nc(N)cc(N)n2)n1. The molecule has 0 unspecified atom stereocenters. The molecule has 106 valence electrons. The number of rotatable bonds is 4. The predicted molar refractivity (Wildman–Crippen MR) is 78.9 cm³/mol. The quantitative estimate of drug-likeness (QED) is 0.278. The van der Waals surface area contributed by atoms with E-state index < -0.39 is 0 Å². The maximum atomic E-state index is 5.65. The van der Waals surface area contributed by atoms with Gasteiger partial charge >= 0.3 is 0 Å². The number of nitrogens with two attached hydrogens (primary N) is 3. The second-order valence-corrected chi connectivity index (χ2v) is 4.97. The minimum atomic E-state index is 0.319. The van der Waals surface area contributed by atoms with Crippen molar-refractivity contribution < 1.29 is 0 Å². The summed E-state index contributed by atoms with van der Waals surface area (Å²) in [6.07, 6.45) is 0.697. The van der Waals surface area contributed by atoms with Crippen molar-refractivity contribution in [3.8, 4) is 0 Å². The number of anilines is 3. The Hall–Kier alpha value is -2.13. The highest BCUT2D eigenvalue weighted by Gasteiger charge is 2.13. The molecule has 2 rings (SSSR count). The Labute approximate surface area is 120 Å². The topological polar surface area (TPSA) is 142 Å². The lowest BCUT2D eigenvalue weighted by atomic mass is 10.3. The summed E-state index contributed by atoms with van der Waals surface area (Å²) in [6.45, 7) is 3.83. The van der Waals surface area contributed by atoms with E-state index in [1.807, 2.05) is 13.8 Å². The van der Waals surface area contributed by atoms with Gasteiger partial charge in [0.1, 0.15) is 28.3 Å². The van der Waals surface area contributed by atoms with Crippen molar-refractivity contribution >= 4 is 29.2 Å². The first-order valence-electron chi connectivity index (χ1n) is 5.95. The molecule has 0 spiro atoms. The van der Waals surface area contributed by atoms with Gasteiger partial charge in [-0.05, 0) is 18.7 Å². The highest BCUT2D eigenvalue weighted by molar-refractivity contribution is 7.99. The molecule has 0 atom stereocenters. The van der Waals surface area contributed by atoms with Crippen LogP contribution in [0.4, 0.5) is 17.5 Å². The maximum absolute atomic E-state index is 5.65. The number of aromatic nitrogens is 4. The van der Waals surface area contributed by atoms with Crippen LogP contribution in [0.1, 0.15) is 18.3 Å². The standard InChI is InChI=1S/C11H16N8S/c1-3-8-17-9(19-14)5(2)10(18-8)20-11-15-6(12)4-7(13)16-11/h4H,3,14H2,1-2H3,(H,17,18,19)(H4,12,13,15,16). The Kier molecular flexibility index (Phi) is 4.20. The second kappa shape index (κ2) is 5.88. The van der Waals surface area contributed by atoms with Crippen molar-refractivity contribution in [3.05, 3.63) is 17.5 Å². The number of aryl methyl sites for hydroxylation is 1. The summed E-state index contributed by atoms with van der Waals surface area (Å²) < 4.78 is 0. The van der Waals surface area contributed by atoms with Gasteiger partial charge in [-0.25, -0.2) is 25.8 Å². The van der Waals surface area contributed by atoms with Gasteiger partial charge in [0, 0.05) is 18.1 Å². The molecule has 2 aromatic heterocycles. The number of nitrogens with one attached hydrogen (secondary N) is 1. The Balaban J connectivity index is 2.41. The zero-order chi connectivity index (χ0) is 14.7. The molecule has 20 heavy (non-hydrogen) atoms. The second-order valence-electron chi connectivity index (χ2n) is 4.02. The molecule has 2 aromatic rings. The number of hydrazine groups is 1. The molecule has 0 fully saturated rings. The van der Waals surface area contributed by atoms with Crippen molar-refractivity contribution in [1.29, 1.82) is 0 Å². The van der Waals surface area contributed by atoms with Crippen LogP contribution in [0.3, 0.4) is 0 Å². The highest BCUT2D eigenvalue weighted by atomic mass is 32.2. The summed E-state index contributed by atoms with van der Waals surface area (Å²) in [7, 11) is 0. The zero-order valence-electron chi connectivity index (χ0n) is 11.2. The van der Waals surface area contributed by atoms with E-state index in [0.717, 1.165) is 10.6 Å². The third-order valence-electron chi connectivity index (χ3n) is 2.53. The number of hydrogen-bond acceptors (Lipinski definition) is 9. The van der Waals surface area contributed by atoms with E-state index in [9.17, 15) is 0 Å². The van der Waals surface area contributed by atoms with Crippen molar-refractivity contribution in [2.45, 2.75) is 30.5 Å². The van der Waals surface area contributed by atoms with E-state index in [0.29, 0.717) is 34.9 Å². The Morgan fingerprint density at radius 2 is 1.80 bits per heavy atom.